The van der Waals surface area contributed by atoms with Crippen molar-refractivity contribution in [3.63, 3.8) is 0 Å². The van der Waals surface area contributed by atoms with Crippen LogP contribution in [-0.2, 0) is 38.8 Å². The molecule has 4 rings (SSSR count). The summed E-state index contributed by atoms with van der Waals surface area (Å²) < 4.78 is 25.1. The van der Waals surface area contributed by atoms with Gasteiger partial charge < -0.3 is 18.9 Å². The van der Waals surface area contributed by atoms with Crippen LogP contribution in [0.25, 0.3) is 0 Å². The molecule has 3 aromatic carbocycles. The number of hydrogen-bond donors (Lipinski definition) is 0. The van der Waals surface area contributed by atoms with Crippen LogP contribution in [0.3, 0.4) is 0 Å². The molecule has 0 bridgehead atoms. The van der Waals surface area contributed by atoms with E-state index in [2.05, 4.69) is 6.58 Å². The maximum absolute atomic E-state index is 13.6. The predicted octanol–water partition coefficient (Wildman–Crippen LogP) is 6.55. The zero-order chi connectivity index (χ0) is 27.7. The molecule has 1 aliphatic heterocycles. The van der Waals surface area contributed by atoms with Gasteiger partial charge in [0.15, 0.2) is 0 Å². The standard InChI is InChI=1S/C33H39NO5/c1-5-28-30(37-22-26-17-11-7-12-18-26)31(38-23-27-19-13-8-14-20-27)29(34(28)32(35)39-33(2,3)4)24-36-21-25-15-9-6-10-16-25/h5-20,28-31H,1,21-24H2,2-4H3/t28-,29-,30-,31-/m1/s1. The molecule has 6 heteroatoms. The third-order valence-electron chi connectivity index (χ3n) is 6.53. The van der Waals surface area contributed by atoms with Crippen LogP contribution < -0.4 is 0 Å². The number of likely N-dealkylation sites (tertiary alicyclic amines) is 1. The smallest absolute Gasteiger partial charge is 0.411 e. The summed E-state index contributed by atoms with van der Waals surface area (Å²) in [5.41, 5.74) is 2.46. The highest BCUT2D eigenvalue weighted by atomic mass is 16.6. The molecule has 0 N–H and O–H groups in total. The van der Waals surface area contributed by atoms with E-state index in [1.165, 1.54) is 0 Å². The number of amides is 1. The SMILES string of the molecule is C=C[C@@H]1[C@@H](OCc2ccccc2)[C@H](OCc2ccccc2)[C@@H](COCc2ccccc2)N1C(=O)OC(C)(C)C. The van der Waals surface area contributed by atoms with Crippen LogP contribution >= 0.6 is 0 Å². The average Bonchev–Trinajstić information content (AvgIpc) is 3.23. The molecule has 0 radical (unpaired) electrons. The zero-order valence-corrected chi connectivity index (χ0v) is 23.1. The molecule has 0 aromatic heterocycles. The Kier molecular flexibility index (Phi) is 9.93. The molecule has 1 heterocycles. The normalized spacial score (nSPS) is 21.1. The first-order valence-electron chi connectivity index (χ1n) is 13.4. The lowest BCUT2D eigenvalue weighted by molar-refractivity contribution is -0.0844. The maximum atomic E-state index is 13.6. The van der Waals surface area contributed by atoms with Crippen LogP contribution in [0.5, 0.6) is 0 Å². The second kappa shape index (κ2) is 13.6. The molecule has 1 amide bonds. The van der Waals surface area contributed by atoms with Crippen LogP contribution in [0.1, 0.15) is 37.5 Å². The van der Waals surface area contributed by atoms with Crippen molar-refractivity contribution in [3.05, 3.63) is 120 Å². The minimum Gasteiger partial charge on any atom is -0.444 e. The molecule has 3 aromatic rings. The highest BCUT2D eigenvalue weighted by Gasteiger charge is 2.52. The highest BCUT2D eigenvalue weighted by Crippen LogP contribution is 2.34. The Morgan fingerprint density at radius 1 is 0.769 bits per heavy atom. The lowest BCUT2D eigenvalue weighted by Gasteiger charge is -2.32. The quantitative estimate of drug-likeness (QED) is 0.264. The molecule has 1 fully saturated rings. The summed E-state index contributed by atoms with van der Waals surface area (Å²) >= 11 is 0. The van der Waals surface area contributed by atoms with Gasteiger partial charge in [0.25, 0.3) is 0 Å². The van der Waals surface area contributed by atoms with Gasteiger partial charge in [0.1, 0.15) is 17.8 Å². The molecule has 0 unspecified atom stereocenters. The van der Waals surface area contributed by atoms with E-state index >= 15 is 0 Å². The van der Waals surface area contributed by atoms with Gasteiger partial charge in [-0.05, 0) is 37.5 Å². The Bertz CT molecular complexity index is 1160. The summed E-state index contributed by atoms with van der Waals surface area (Å²) in [5.74, 6) is 0. The third kappa shape index (κ3) is 8.02. The first-order valence-corrected chi connectivity index (χ1v) is 13.4. The van der Waals surface area contributed by atoms with Crippen LogP contribution in [-0.4, -0.2) is 47.5 Å². The van der Waals surface area contributed by atoms with E-state index in [-0.39, 0.29) is 6.61 Å². The van der Waals surface area contributed by atoms with Crippen molar-refractivity contribution in [1.29, 1.82) is 0 Å². The van der Waals surface area contributed by atoms with Gasteiger partial charge >= 0.3 is 6.09 Å². The van der Waals surface area contributed by atoms with E-state index in [0.717, 1.165) is 16.7 Å². The third-order valence-corrected chi connectivity index (χ3v) is 6.53. The van der Waals surface area contributed by atoms with Gasteiger partial charge in [-0.3, -0.25) is 4.90 Å². The van der Waals surface area contributed by atoms with Crippen molar-refractivity contribution < 1.29 is 23.7 Å². The fraction of sp³-hybridized carbons (Fsp3) is 0.364. The van der Waals surface area contributed by atoms with Crippen molar-refractivity contribution in [2.45, 2.75) is 70.5 Å². The van der Waals surface area contributed by atoms with E-state index < -0.39 is 36.0 Å². The topological polar surface area (TPSA) is 57.2 Å². The largest absolute Gasteiger partial charge is 0.444 e. The molecule has 6 nitrogen and oxygen atoms in total. The van der Waals surface area contributed by atoms with Crippen molar-refractivity contribution in [3.8, 4) is 0 Å². The van der Waals surface area contributed by atoms with Crippen LogP contribution in [0.2, 0.25) is 0 Å². The number of benzene rings is 3. The summed E-state index contributed by atoms with van der Waals surface area (Å²) in [5, 5.41) is 0. The second-order valence-corrected chi connectivity index (χ2v) is 10.7. The molecule has 1 saturated heterocycles. The number of nitrogens with zero attached hydrogens (tertiary/aromatic N) is 1. The minimum absolute atomic E-state index is 0.253. The Morgan fingerprint density at radius 3 is 1.69 bits per heavy atom. The lowest BCUT2D eigenvalue weighted by atomic mass is 10.1. The Morgan fingerprint density at radius 2 is 1.23 bits per heavy atom. The van der Waals surface area contributed by atoms with Crippen molar-refractivity contribution in [2.24, 2.45) is 0 Å². The molecular formula is C33H39NO5. The zero-order valence-electron chi connectivity index (χ0n) is 23.1. The second-order valence-electron chi connectivity index (χ2n) is 10.7. The summed E-state index contributed by atoms with van der Waals surface area (Å²) in [6.07, 6.45) is 0.361. The molecule has 39 heavy (non-hydrogen) atoms. The van der Waals surface area contributed by atoms with Crippen molar-refractivity contribution in [1.82, 2.24) is 4.90 Å². The van der Waals surface area contributed by atoms with Gasteiger partial charge in [-0.15, -0.1) is 6.58 Å². The minimum atomic E-state index is -0.665. The van der Waals surface area contributed by atoms with Crippen molar-refractivity contribution >= 4 is 6.09 Å². The van der Waals surface area contributed by atoms with Gasteiger partial charge in [0.05, 0.1) is 38.5 Å². The lowest BCUT2D eigenvalue weighted by Crippen LogP contribution is -2.48. The predicted molar refractivity (Wildman–Crippen MR) is 152 cm³/mol. The summed E-state index contributed by atoms with van der Waals surface area (Å²) in [6, 6.07) is 29.0. The molecule has 206 valence electrons. The Labute approximate surface area is 232 Å². The monoisotopic (exact) mass is 529 g/mol. The molecule has 1 aliphatic rings. The molecule has 0 aliphatic carbocycles. The fourth-order valence-electron chi connectivity index (χ4n) is 4.75. The molecular weight excluding hydrogens is 490 g/mol. The molecule has 4 atom stereocenters. The summed E-state index contributed by atoms with van der Waals surface area (Å²) in [4.78, 5) is 15.3. The fourth-order valence-corrected chi connectivity index (χ4v) is 4.75. The van der Waals surface area contributed by atoms with E-state index in [4.69, 9.17) is 18.9 Å². The summed E-state index contributed by atoms with van der Waals surface area (Å²) in [6.45, 7) is 11.1. The van der Waals surface area contributed by atoms with Gasteiger partial charge in [0, 0.05) is 0 Å². The van der Waals surface area contributed by atoms with Crippen LogP contribution in [0.15, 0.2) is 104 Å². The van der Waals surface area contributed by atoms with Gasteiger partial charge in [-0.2, -0.15) is 0 Å². The first kappa shape index (κ1) is 28.6. The Hall–Kier alpha value is -3.45. The maximum Gasteiger partial charge on any atom is 0.411 e. The number of hydrogen-bond acceptors (Lipinski definition) is 5. The molecule has 0 spiro atoms. The number of carbonyl (C=O) groups excluding carboxylic acids is 1. The number of ether oxygens (including phenoxy) is 4. The first-order chi connectivity index (χ1) is 18.9. The summed E-state index contributed by atoms with van der Waals surface area (Å²) in [7, 11) is 0. The van der Waals surface area contributed by atoms with E-state index in [9.17, 15) is 4.79 Å². The van der Waals surface area contributed by atoms with E-state index in [1.54, 1.807) is 11.0 Å². The van der Waals surface area contributed by atoms with E-state index in [1.807, 2.05) is 112 Å². The highest BCUT2D eigenvalue weighted by molar-refractivity contribution is 5.70. The van der Waals surface area contributed by atoms with Gasteiger partial charge in [0.2, 0.25) is 0 Å². The average molecular weight is 530 g/mol. The van der Waals surface area contributed by atoms with Gasteiger partial charge in [-0.1, -0.05) is 97.1 Å². The molecule has 0 saturated carbocycles. The van der Waals surface area contributed by atoms with E-state index in [0.29, 0.717) is 19.8 Å². The van der Waals surface area contributed by atoms with Crippen molar-refractivity contribution in [2.75, 3.05) is 6.61 Å². The number of rotatable bonds is 11. The number of carbonyl (C=O) groups is 1. The Balaban J connectivity index is 1.62. The van der Waals surface area contributed by atoms with Crippen LogP contribution in [0, 0.1) is 0 Å². The van der Waals surface area contributed by atoms with Gasteiger partial charge in [-0.25, -0.2) is 4.79 Å². The van der Waals surface area contributed by atoms with Crippen LogP contribution in [0.4, 0.5) is 4.79 Å².